The first-order valence-electron chi connectivity index (χ1n) is 8.74. The lowest BCUT2D eigenvalue weighted by molar-refractivity contribution is -0.130. The van der Waals surface area contributed by atoms with Crippen molar-refractivity contribution in [2.24, 2.45) is 11.7 Å². The molecular weight excluding hydrogens is 332 g/mol. The predicted molar refractivity (Wildman–Crippen MR) is 101 cm³/mol. The second-order valence-electron chi connectivity index (χ2n) is 6.97. The van der Waals surface area contributed by atoms with Gasteiger partial charge in [0.2, 0.25) is 11.5 Å². The van der Waals surface area contributed by atoms with E-state index in [2.05, 4.69) is 18.8 Å². The van der Waals surface area contributed by atoms with Crippen LogP contribution in [-0.4, -0.2) is 40.0 Å². The monoisotopic (exact) mass is 356 g/mol. The zero-order valence-electron chi connectivity index (χ0n) is 15.3. The molecule has 3 rings (SSSR count). The maximum atomic E-state index is 12.7. The van der Waals surface area contributed by atoms with Gasteiger partial charge in [-0.1, -0.05) is 26.0 Å². The number of nitrogens with zero attached hydrogens (tertiary/aromatic N) is 3. The Labute approximate surface area is 151 Å². The van der Waals surface area contributed by atoms with Crippen LogP contribution in [0.5, 0.6) is 0 Å². The fraction of sp³-hybridized carbons (Fsp3) is 0.421. The van der Waals surface area contributed by atoms with Crippen molar-refractivity contribution in [2.45, 2.75) is 32.9 Å². The number of fused-ring (bicyclic) bond motifs is 3. The first kappa shape index (κ1) is 18.1. The zero-order valence-corrected chi connectivity index (χ0v) is 15.3. The third kappa shape index (κ3) is 3.48. The van der Waals surface area contributed by atoms with E-state index in [4.69, 9.17) is 10.2 Å². The predicted octanol–water partition coefficient (Wildman–Crippen LogP) is 1.97. The molecule has 2 N–H and O–H groups in total. The number of benzene rings is 1. The third-order valence-corrected chi connectivity index (χ3v) is 4.74. The van der Waals surface area contributed by atoms with Crippen LogP contribution in [-0.2, 0) is 11.3 Å². The Hall–Kier alpha value is -2.67. The first-order chi connectivity index (χ1) is 12.4. The molecule has 0 saturated heterocycles. The molecule has 138 valence electrons. The fourth-order valence-corrected chi connectivity index (χ4v) is 2.80. The van der Waals surface area contributed by atoms with Gasteiger partial charge in [0.25, 0.3) is 5.56 Å². The molecule has 0 aliphatic rings. The highest BCUT2D eigenvalue weighted by Gasteiger charge is 2.17. The van der Waals surface area contributed by atoms with Crippen LogP contribution in [0.1, 0.15) is 20.3 Å². The quantitative estimate of drug-likeness (QED) is 0.729. The van der Waals surface area contributed by atoms with Crippen LogP contribution >= 0.6 is 0 Å². The second kappa shape index (κ2) is 7.29. The zero-order chi connectivity index (χ0) is 18.8. The smallest absolute Gasteiger partial charge is 0.297 e. The van der Waals surface area contributed by atoms with Gasteiger partial charge in [-0.2, -0.15) is 0 Å². The van der Waals surface area contributed by atoms with Gasteiger partial charge < -0.3 is 15.1 Å². The molecule has 0 radical (unpaired) electrons. The maximum absolute atomic E-state index is 12.7. The molecule has 0 bridgehead atoms. The number of hydrogen-bond acceptors (Lipinski definition) is 5. The van der Waals surface area contributed by atoms with Gasteiger partial charge in [-0.25, -0.2) is 4.98 Å². The highest BCUT2D eigenvalue weighted by atomic mass is 16.3. The molecule has 2 aromatic heterocycles. The average molecular weight is 356 g/mol. The largest absolute Gasteiger partial charge is 0.448 e. The van der Waals surface area contributed by atoms with Crippen LogP contribution in [0, 0.1) is 5.92 Å². The number of carbonyl (C=O) groups excluding carboxylic acids is 1. The SMILES string of the molecule is CC(C)C(N)CCN(C)C(=O)Cn1cnc2c(oc3ccccc32)c1=O. The lowest BCUT2D eigenvalue weighted by Crippen LogP contribution is -2.37. The van der Waals surface area contributed by atoms with Gasteiger partial charge in [0, 0.05) is 25.0 Å². The summed E-state index contributed by atoms with van der Waals surface area (Å²) in [6, 6.07) is 7.39. The summed E-state index contributed by atoms with van der Waals surface area (Å²) in [5, 5.41) is 0.790. The Morgan fingerprint density at radius 2 is 2.08 bits per heavy atom. The Kier molecular flexibility index (Phi) is 5.08. The normalized spacial score (nSPS) is 12.8. The molecule has 0 saturated carbocycles. The standard InChI is InChI=1S/C19H24N4O3/c1-12(2)14(20)8-9-22(3)16(24)10-23-11-21-17-13-6-4-5-7-15(13)26-18(17)19(23)25/h4-7,11-12,14H,8-10,20H2,1-3H3. The van der Waals surface area contributed by atoms with Crippen molar-refractivity contribution in [3.8, 4) is 0 Å². The van der Waals surface area contributed by atoms with Crippen molar-refractivity contribution in [1.29, 1.82) is 0 Å². The number of carbonyl (C=O) groups is 1. The number of para-hydroxylation sites is 1. The molecular formula is C19H24N4O3. The average Bonchev–Trinajstić information content (AvgIpc) is 3.01. The number of aromatic nitrogens is 2. The minimum atomic E-state index is -0.355. The summed E-state index contributed by atoms with van der Waals surface area (Å²) in [4.78, 5) is 31.0. The number of furan rings is 1. The summed E-state index contributed by atoms with van der Waals surface area (Å²) in [7, 11) is 1.72. The van der Waals surface area contributed by atoms with E-state index in [0.717, 1.165) is 11.8 Å². The summed E-state index contributed by atoms with van der Waals surface area (Å²) in [6.45, 7) is 4.58. The Balaban J connectivity index is 1.78. The van der Waals surface area contributed by atoms with Crippen molar-refractivity contribution in [3.05, 3.63) is 40.9 Å². The van der Waals surface area contributed by atoms with Gasteiger partial charge in [0.05, 0.1) is 6.33 Å². The third-order valence-electron chi connectivity index (χ3n) is 4.74. The van der Waals surface area contributed by atoms with Crippen molar-refractivity contribution in [2.75, 3.05) is 13.6 Å². The number of amides is 1. The Bertz CT molecular complexity index is 989. The van der Waals surface area contributed by atoms with E-state index >= 15 is 0 Å². The molecule has 26 heavy (non-hydrogen) atoms. The van der Waals surface area contributed by atoms with E-state index in [-0.39, 0.29) is 29.6 Å². The van der Waals surface area contributed by atoms with Gasteiger partial charge in [-0.3, -0.25) is 14.2 Å². The van der Waals surface area contributed by atoms with E-state index in [1.165, 1.54) is 10.9 Å². The molecule has 1 amide bonds. The molecule has 0 spiro atoms. The summed E-state index contributed by atoms with van der Waals surface area (Å²) < 4.78 is 6.92. The van der Waals surface area contributed by atoms with E-state index in [9.17, 15) is 9.59 Å². The van der Waals surface area contributed by atoms with Crippen LogP contribution in [0.25, 0.3) is 22.1 Å². The topological polar surface area (TPSA) is 94.4 Å². The molecule has 7 nitrogen and oxygen atoms in total. The lowest BCUT2D eigenvalue weighted by Gasteiger charge is -2.21. The van der Waals surface area contributed by atoms with E-state index in [1.807, 2.05) is 18.2 Å². The van der Waals surface area contributed by atoms with E-state index in [0.29, 0.717) is 23.6 Å². The van der Waals surface area contributed by atoms with Crippen molar-refractivity contribution < 1.29 is 9.21 Å². The van der Waals surface area contributed by atoms with Crippen LogP contribution in [0.15, 0.2) is 39.8 Å². The van der Waals surface area contributed by atoms with Gasteiger partial charge in [-0.15, -0.1) is 0 Å². The van der Waals surface area contributed by atoms with Crippen LogP contribution in [0.3, 0.4) is 0 Å². The molecule has 1 unspecified atom stereocenters. The highest BCUT2D eigenvalue weighted by Crippen LogP contribution is 2.23. The summed E-state index contributed by atoms with van der Waals surface area (Å²) in [6.07, 6.45) is 2.12. The molecule has 0 aliphatic heterocycles. The molecule has 1 atom stereocenters. The van der Waals surface area contributed by atoms with Crippen LogP contribution in [0.4, 0.5) is 0 Å². The fourth-order valence-electron chi connectivity index (χ4n) is 2.80. The van der Waals surface area contributed by atoms with Gasteiger partial charge in [0.1, 0.15) is 17.6 Å². The van der Waals surface area contributed by atoms with Gasteiger partial charge >= 0.3 is 0 Å². The molecule has 0 fully saturated rings. The van der Waals surface area contributed by atoms with Crippen molar-refractivity contribution >= 4 is 28.0 Å². The van der Waals surface area contributed by atoms with E-state index < -0.39 is 0 Å². The van der Waals surface area contributed by atoms with Crippen molar-refractivity contribution in [1.82, 2.24) is 14.5 Å². The molecule has 0 aliphatic carbocycles. The van der Waals surface area contributed by atoms with Crippen LogP contribution < -0.4 is 11.3 Å². The van der Waals surface area contributed by atoms with Gasteiger partial charge in [-0.05, 0) is 24.5 Å². The maximum Gasteiger partial charge on any atom is 0.297 e. The van der Waals surface area contributed by atoms with Crippen molar-refractivity contribution in [3.63, 3.8) is 0 Å². The minimum absolute atomic E-state index is 0.0431. The lowest BCUT2D eigenvalue weighted by atomic mass is 10.0. The number of rotatable bonds is 6. The first-order valence-corrected chi connectivity index (χ1v) is 8.74. The Morgan fingerprint density at radius 1 is 1.35 bits per heavy atom. The molecule has 1 aromatic carbocycles. The molecule has 7 heteroatoms. The minimum Gasteiger partial charge on any atom is -0.448 e. The summed E-state index contributed by atoms with van der Waals surface area (Å²) >= 11 is 0. The summed E-state index contributed by atoms with van der Waals surface area (Å²) in [5.41, 5.74) is 6.97. The number of likely N-dealkylation sites (N-methyl/N-ethyl adjacent to an activating group) is 1. The highest BCUT2D eigenvalue weighted by molar-refractivity contribution is 6.01. The number of nitrogens with two attached hydrogens (primary N) is 1. The second-order valence-corrected chi connectivity index (χ2v) is 6.97. The van der Waals surface area contributed by atoms with E-state index in [1.54, 1.807) is 18.0 Å². The van der Waals surface area contributed by atoms with Crippen LogP contribution in [0.2, 0.25) is 0 Å². The summed E-state index contributed by atoms with van der Waals surface area (Å²) in [5.74, 6) is 0.195. The van der Waals surface area contributed by atoms with Gasteiger partial charge in [0.15, 0.2) is 0 Å². The Morgan fingerprint density at radius 3 is 2.81 bits per heavy atom. The number of hydrogen-bond donors (Lipinski definition) is 1. The molecule has 2 heterocycles. The molecule has 3 aromatic rings.